The van der Waals surface area contributed by atoms with E-state index in [0.29, 0.717) is 23.3 Å². The van der Waals surface area contributed by atoms with Crippen LogP contribution in [-0.4, -0.2) is 19.6 Å². The summed E-state index contributed by atoms with van der Waals surface area (Å²) in [5.74, 6) is 6.47. The van der Waals surface area contributed by atoms with E-state index in [1.807, 2.05) is 19.9 Å². The molecule has 0 spiro atoms. The third kappa shape index (κ3) is 3.51. The molecule has 0 aliphatic heterocycles. The Morgan fingerprint density at radius 3 is 2.76 bits per heavy atom. The zero-order valence-corrected chi connectivity index (χ0v) is 10.9. The molecule has 5 nitrogen and oxygen atoms in total. The third-order valence-electron chi connectivity index (χ3n) is 2.19. The molecule has 0 aromatic heterocycles. The molecule has 0 heterocycles. The average Bonchev–Trinajstić information content (AvgIpc) is 2.32. The summed E-state index contributed by atoms with van der Waals surface area (Å²) in [4.78, 5) is 4.15. The Morgan fingerprint density at radius 1 is 1.53 bits per heavy atom. The number of hydrogen-bond acceptors (Lipinski definition) is 3. The van der Waals surface area contributed by atoms with E-state index in [2.05, 4.69) is 15.7 Å². The lowest BCUT2D eigenvalue weighted by molar-refractivity contribution is 0.417. The van der Waals surface area contributed by atoms with Gasteiger partial charge in [-0.2, -0.15) is 0 Å². The number of hydrogen-bond donors (Lipinski definition) is 3. The van der Waals surface area contributed by atoms with Crippen LogP contribution < -0.4 is 21.3 Å². The predicted molar refractivity (Wildman–Crippen MR) is 71.7 cm³/mol. The quantitative estimate of drug-likeness (QED) is 0.334. The molecular weight excluding hydrogens is 240 g/mol. The first-order chi connectivity index (χ1) is 8.12. The Balaban J connectivity index is 3.04. The molecule has 4 N–H and O–H groups in total. The number of hydrazine groups is 1. The number of benzene rings is 1. The molecule has 1 aromatic carbocycles. The fourth-order valence-corrected chi connectivity index (χ4v) is 1.49. The van der Waals surface area contributed by atoms with Gasteiger partial charge in [0.1, 0.15) is 5.75 Å². The van der Waals surface area contributed by atoms with Crippen LogP contribution in [0.25, 0.3) is 0 Å². The zero-order chi connectivity index (χ0) is 12.8. The Morgan fingerprint density at radius 2 is 2.24 bits per heavy atom. The van der Waals surface area contributed by atoms with Gasteiger partial charge in [-0.15, -0.1) is 0 Å². The van der Waals surface area contributed by atoms with Crippen LogP contribution >= 0.6 is 11.6 Å². The number of anilines is 1. The molecule has 6 heteroatoms. The van der Waals surface area contributed by atoms with E-state index in [4.69, 9.17) is 22.2 Å². The second-order valence-corrected chi connectivity index (χ2v) is 3.80. The average molecular weight is 257 g/mol. The standard InChI is InChI=1S/C11H17ClN4O/c1-4-14-11(16-13)15-9-5-7(2)8(12)6-10(9)17-3/h5-6H,4,13H2,1-3H3,(H2,14,15,16). The minimum Gasteiger partial charge on any atom is -0.495 e. The van der Waals surface area contributed by atoms with Crippen LogP contribution in [0.15, 0.2) is 17.1 Å². The normalized spacial score (nSPS) is 11.2. The largest absolute Gasteiger partial charge is 0.495 e. The maximum absolute atomic E-state index is 6.02. The summed E-state index contributed by atoms with van der Waals surface area (Å²) in [5, 5.41) is 3.70. The van der Waals surface area contributed by atoms with Crippen molar-refractivity contribution >= 4 is 23.2 Å². The van der Waals surface area contributed by atoms with Crippen LogP contribution in [0.4, 0.5) is 5.69 Å². The number of nitrogens with two attached hydrogens (primary N) is 1. The Hall–Kier alpha value is -1.46. The van der Waals surface area contributed by atoms with E-state index in [9.17, 15) is 0 Å². The first-order valence-corrected chi connectivity index (χ1v) is 5.62. The Labute approximate surface area is 106 Å². The second kappa shape index (κ2) is 6.32. The minimum atomic E-state index is 0.479. The molecular formula is C11H17ClN4O. The van der Waals surface area contributed by atoms with Crippen LogP contribution in [0.1, 0.15) is 12.5 Å². The molecule has 0 bridgehead atoms. The van der Waals surface area contributed by atoms with E-state index < -0.39 is 0 Å². The first kappa shape index (κ1) is 13.6. The van der Waals surface area contributed by atoms with Gasteiger partial charge in [0.05, 0.1) is 12.8 Å². The zero-order valence-electron chi connectivity index (χ0n) is 10.2. The SMILES string of the molecule is CCN=C(NN)Nc1cc(C)c(Cl)cc1OC. The Kier molecular flexibility index (Phi) is 5.06. The Bertz CT molecular complexity index is 420. The van der Waals surface area contributed by atoms with Gasteiger partial charge in [-0.05, 0) is 25.5 Å². The van der Waals surface area contributed by atoms with E-state index in [1.165, 1.54) is 0 Å². The number of aryl methyl sites for hydroxylation is 1. The van der Waals surface area contributed by atoms with Crippen molar-refractivity contribution in [1.29, 1.82) is 0 Å². The summed E-state index contributed by atoms with van der Waals surface area (Å²) in [6.07, 6.45) is 0. The summed E-state index contributed by atoms with van der Waals surface area (Å²) in [6, 6.07) is 3.63. The molecule has 1 rings (SSSR count). The van der Waals surface area contributed by atoms with Crippen LogP contribution in [0.2, 0.25) is 5.02 Å². The smallest absolute Gasteiger partial charge is 0.210 e. The van der Waals surface area contributed by atoms with Crippen LogP contribution in [-0.2, 0) is 0 Å². The van der Waals surface area contributed by atoms with Crippen molar-refractivity contribution in [2.24, 2.45) is 10.8 Å². The summed E-state index contributed by atoms with van der Waals surface area (Å²) >= 11 is 6.02. The van der Waals surface area contributed by atoms with Crippen LogP contribution in [0.5, 0.6) is 5.75 Å². The summed E-state index contributed by atoms with van der Waals surface area (Å²) in [7, 11) is 1.58. The fourth-order valence-electron chi connectivity index (χ4n) is 1.34. The fraction of sp³-hybridized carbons (Fsp3) is 0.364. The maximum Gasteiger partial charge on any atom is 0.210 e. The highest BCUT2D eigenvalue weighted by Gasteiger charge is 2.08. The molecule has 0 aliphatic rings. The molecule has 0 aliphatic carbocycles. The molecule has 0 unspecified atom stereocenters. The molecule has 0 saturated heterocycles. The number of aliphatic imine (C=N–C) groups is 1. The van der Waals surface area contributed by atoms with Gasteiger partial charge in [-0.3, -0.25) is 10.4 Å². The number of nitrogens with zero attached hydrogens (tertiary/aromatic N) is 1. The lowest BCUT2D eigenvalue weighted by Gasteiger charge is -2.14. The number of guanidine groups is 1. The molecule has 17 heavy (non-hydrogen) atoms. The maximum atomic E-state index is 6.02. The number of methoxy groups -OCH3 is 1. The summed E-state index contributed by atoms with van der Waals surface area (Å²) < 4.78 is 5.23. The van der Waals surface area contributed by atoms with Gasteiger partial charge >= 0.3 is 0 Å². The number of halogens is 1. The molecule has 0 amide bonds. The van der Waals surface area contributed by atoms with E-state index in [1.54, 1.807) is 13.2 Å². The van der Waals surface area contributed by atoms with Gasteiger partial charge in [0.2, 0.25) is 5.96 Å². The van der Waals surface area contributed by atoms with Crippen molar-refractivity contribution in [2.75, 3.05) is 19.0 Å². The minimum absolute atomic E-state index is 0.479. The van der Waals surface area contributed by atoms with Crippen LogP contribution in [0.3, 0.4) is 0 Å². The lowest BCUT2D eigenvalue weighted by atomic mass is 10.2. The summed E-state index contributed by atoms with van der Waals surface area (Å²) in [5.41, 5.74) is 4.20. The monoisotopic (exact) mass is 256 g/mol. The molecule has 0 radical (unpaired) electrons. The van der Waals surface area contributed by atoms with Crippen molar-refractivity contribution in [3.8, 4) is 5.75 Å². The van der Waals surface area contributed by atoms with Gasteiger partial charge in [-0.25, -0.2) is 5.84 Å². The van der Waals surface area contributed by atoms with Gasteiger partial charge in [0.15, 0.2) is 0 Å². The molecule has 0 fully saturated rings. The van der Waals surface area contributed by atoms with Crippen molar-refractivity contribution < 1.29 is 4.74 Å². The topological polar surface area (TPSA) is 71.7 Å². The van der Waals surface area contributed by atoms with Gasteiger partial charge in [0.25, 0.3) is 0 Å². The highest BCUT2D eigenvalue weighted by molar-refractivity contribution is 6.31. The van der Waals surface area contributed by atoms with Crippen molar-refractivity contribution in [3.05, 3.63) is 22.7 Å². The van der Waals surface area contributed by atoms with Crippen molar-refractivity contribution in [1.82, 2.24) is 5.43 Å². The number of nitrogens with one attached hydrogen (secondary N) is 2. The van der Waals surface area contributed by atoms with E-state index in [0.717, 1.165) is 11.3 Å². The third-order valence-corrected chi connectivity index (χ3v) is 2.59. The second-order valence-electron chi connectivity index (χ2n) is 3.39. The van der Waals surface area contributed by atoms with Gasteiger partial charge in [0, 0.05) is 17.6 Å². The molecule has 94 valence electrons. The first-order valence-electron chi connectivity index (χ1n) is 5.24. The van der Waals surface area contributed by atoms with E-state index in [-0.39, 0.29) is 0 Å². The lowest BCUT2D eigenvalue weighted by Crippen LogP contribution is -2.36. The van der Waals surface area contributed by atoms with Crippen molar-refractivity contribution in [2.45, 2.75) is 13.8 Å². The van der Waals surface area contributed by atoms with E-state index >= 15 is 0 Å². The predicted octanol–water partition coefficient (Wildman–Crippen LogP) is 1.91. The number of ether oxygens (including phenoxy) is 1. The van der Waals surface area contributed by atoms with Gasteiger partial charge < -0.3 is 10.1 Å². The molecule has 0 atom stereocenters. The van der Waals surface area contributed by atoms with Crippen molar-refractivity contribution in [3.63, 3.8) is 0 Å². The highest BCUT2D eigenvalue weighted by atomic mass is 35.5. The highest BCUT2D eigenvalue weighted by Crippen LogP contribution is 2.30. The molecule has 1 aromatic rings. The van der Waals surface area contributed by atoms with Crippen LogP contribution in [0, 0.1) is 6.92 Å². The number of rotatable bonds is 3. The van der Waals surface area contributed by atoms with Gasteiger partial charge in [-0.1, -0.05) is 11.6 Å². The molecule has 0 saturated carbocycles. The summed E-state index contributed by atoms with van der Waals surface area (Å²) in [6.45, 7) is 4.46.